The normalized spacial score (nSPS) is 12.6. The highest BCUT2D eigenvalue weighted by Gasteiger charge is 2.27. The molecule has 0 unspecified atom stereocenters. The lowest BCUT2D eigenvalue weighted by molar-refractivity contribution is 0.0469. The molecule has 0 radical (unpaired) electrons. The first-order valence-electron chi connectivity index (χ1n) is 35.3. The van der Waals surface area contributed by atoms with Crippen molar-refractivity contribution < 1.29 is 27.5 Å². The summed E-state index contributed by atoms with van der Waals surface area (Å²) in [6.07, 6.45) is 0. The van der Waals surface area contributed by atoms with Gasteiger partial charge in [-0.1, -0.05) is 192 Å². The molecule has 0 atom stereocenters. The van der Waals surface area contributed by atoms with Crippen molar-refractivity contribution in [2.24, 2.45) is 0 Å². The molecule has 0 aliphatic heterocycles. The van der Waals surface area contributed by atoms with Crippen LogP contribution in [0.3, 0.4) is 0 Å². The minimum atomic E-state index is -3.25. The molecule has 512 valence electrons. The smallest absolute Gasteiger partial charge is 0.338 e. The summed E-state index contributed by atoms with van der Waals surface area (Å²) in [5, 5.41) is 8.84. The molecule has 12 heteroatoms. The van der Waals surface area contributed by atoms with Gasteiger partial charge in [0.15, 0.2) is 10.7 Å². The number of thiol groups is 1. The Hall–Kier alpha value is -11.3. The predicted octanol–water partition coefficient (Wildman–Crippen LogP) is 22.0. The maximum Gasteiger partial charge on any atom is 0.338 e. The summed E-state index contributed by atoms with van der Waals surface area (Å²) in [4.78, 5) is 34.3. The summed E-state index contributed by atoms with van der Waals surface area (Å²) >= 11 is 0. The van der Waals surface area contributed by atoms with Crippen molar-refractivity contribution in [3.8, 4) is 34.1 Å². The SMILES string of the molecule is CC(C)(C)c1ccc2c(c1)c1cc(C(C)(C)C)ccc1n2-c1cc(COC(=O)c2cc(C(=O)OCc3ccc4c(c3)c3ccccc3n4-c3ccc(-c4ccc(-n5c6ccccc6c6ccccc65)cc4)cc3)cc([SH](=O)=O)c2)cc(-n2c3ccc(C(C)(C)C)cc3c3cc(C(C)(C)C)ccc32)n1. The average molecular weight is 1370 g/mol. The second-order valence-electron chi connectivity index (χ2n) is 31.6. The molecule has 0 bridgehead atoms. The van der Waals surface area contributed by atoms with E-state index in [4.69, 9.17) is 14.5 Å². The number of aromatic nitrogens is 5. The van der Waals surface area contributed by atoms with E-state index in [0.717, 1.165) is 93.5 Å². The fourth-order valence-electron chi connectivity index (χ4n) is 14.9. The van der Waals surface area contributed by atoms with E-state index in [1.165, 1.54) is 62.3 Å². The van der Waals surface area contributed by atoms with Crippen LogP contribution in [0.4, 0.5) is 0 Å². The third-order valence-corrected chi connectivity index (χ3v) is 21.2. The van der Waals surface area contributed by atoms with Gasteiger partial charge in [0.1, 0.15) is 24.8 Å². The zero-order valence-corrected chi connectivity index (χ0v) is 61.0. The molecule has 16 rings (SSSR count). The Morgan fingerprint density at radius 3 is 0.990 bits per heavy atom. The van der Waals surface area contributed by atoms with Crippen molar-refractivity contribution in [2.75, 3.05) is 0 Å². The first-order chi connectivity index (χ1) is 49.2. The van der Waals surface area contributed by atoms with Gasteiger partial charge in [-0.25, -0.2) is 23.0 Å². The Labute approximate surface area is 601 Å². The Balaban J connectivity index is 0.704. The number of nitrogens with zero attached hydrogens (tertiary/aromatic N) is 5. The average Bonchev–Trinajstić information content (AvgIpc) is 1.58. The molecule has 11 nitrogen and oxygen atoms in total. The molecule has 11 aromatic carbocycles. The highest BCUT2D eigenvalue weighted by Crippen LogP contribution is 2.42. The second kappa shape index (κ2) is 24.7. The Morgan fingerprint density at radius 2 is 0.631 bits per heavy atom. The standard InChI is InChI=1S/C91H81N5O6S/c1-88(2,3)61-30-39-80-72(49-61)73-50-62(89(4,5)6)31-40-81(73)95(80)84-44-56(45-85(92-84)96-82-41-32-63(90(7,8)9)51-74(82)75-52-64(91(10,11)12)33-42-83(75)96)54-102-87(98)60-46-59(47-67(48-60)103(99)100)86(97)101-53-55-25-38-79-71(43-55)70-21-15-18-24-78(70)94(79)66-36-28-58(29-37-66)57-26-34-65(35-27-57)93-76-22-16-13-19-68(76)69-20-14-17-23-77(69)93/h13-52,103H,53-54H2,1-12H3. The van der Waals surface area contributed by atoms with Gasteiger partial charge in [0.05, 0.1) is 60.2 Å². The lowest BCUT2D eigenvalue weighted by atomic mass is 9.85. The molecule has 5 aromatic heterocycles. The summed E-state index contributed by atoms with van der Waals surface area (Å²) in [7, 11) is -3.25. The molecule has 103 heavy (non-hydrogen) atoms. The highest BCUT2D eigenvalue weighted by atomic mass is 32.2. The van der Waals surface area contributed by atoms with Crippen LogP contribution in [0.5, 0.6) is 0 Å². The number of esters is 2. The zero-order valence-electron chi connectivity index (χ0n) is 60.1. The first-order valence-corrected chi connectivity index (χ1v) is 36.4. The minimum absolute atomic E-state index is 0.108. The minimum Gasteiger partial charge on any atom is -0.457 e. The van der Waals surface area contributed by atoms with Gasteiger partial charge < -0.3 is 18.6 Å². The summed E-state index contributed by atoms with van der Waals surface area (Å²) in [6, 6.07) is 83.1. The van der Waals surface area contributed by atoms with Crippen LogP contribution >= 0.6 is 0 Å². The summed E-state index contributed by atoms with van der Waals surface area (Å²) in [6.45, 7) is 26.4. The number of ether oxygens (including phenoxy) is 2. The zero-order chi connectivity index (χ0) is 71.8. The van der Waals surface area contributed by atoms with Crippen molar-refractivity contribution in [3.05, 3.63) is 287 Å². The third kappa shape index (κ3) is 11.9. The van der Waals surface area contributed by atoms with E-state index in [9.17, 15) is 18.0 Å². The molecule has 0 N–H and O–H groups in total. The van der Waals surface area contributed by atoms with Crippen molar-refractivity contribution in [1.82, 2.24) is 23.3 Å². The van der Waals surface area contributed by atoms with Gasteiger partial charge in [-0.05, 0) is 200 Å². The van der Waals surface area contributed by atoms with Gasteiger partial charge in [-0.3, -0.25) is 9.13 Å². The number of hydrogen-bond acceptors (Lipinski definition) is 7. The number of carbonyl (C=O) groups excluding carboxylic acids is 2. The number of pyridine rings is 1. The number of hydrogen-bond donors (Lipinski definition) is 1. The van der Waals surface area contributed by atoms with Crippen molar-refractivity contribution in [1.29, 1.82) is 0 Å². The van der Waals surface area contributed by atoms with E-state index >= 15 is 0 Å². The maximum atomic E-state index is 14.7. The molecule has 5 heterocycles. The second-order valence-corrected chi connectivity index (χ2v) is 32.7. The van der Waals surface area contributed by atoms with Crippen LogP contribution in [0, 0.1) is 0 Å². The van der Waals surface area contributed by atoms with Gasteiger partial charge in [0, 0.05) is 54.5 Å². The molecule has 0 spiro atoms. The topological polar surface area (TPSA) is 119 Å². The monoisotopic (exact) mass is 1370 g/mol. The number of fused-ring (bicyclic) bond motifs is 12. The molecule has 0 aliphatic rings. The number of benzene rings is 11. The number of rotatable bonds is 12. The maximum absolute atomic E-state index is 14.7. The van der Waals surface area contributed by atoms with Gasteiger partial charge in [0.25, 0.3) is 0 Å². The molecule has 0 saturated heterocycles. The largest absolute Gasteiger partial charge is 0.457 e. The Bertz CT molecular complexity index is 5880. The van der Waals surface area contributed by atoms with Crippen molar-refractivity contribution >= 4 is 110 Å². The molecule has 16 aromatic rings. The highest BCUT2D eigenvalue weighted by molar-refractivity contribution is 7.72. The van der Waals surface area contributed by atoms with Crippen LogP contribution in [0.25, 0.3) is 121 Å². The van der Waals surface area contributed by atoms with E-state index in [2.05, 4.69) is 283 Å². The van der Waals surface area contributed by atoms with E-state index in [0.29, 0.717) is 17.2 Å². The number of carbonyl (C=O) groups is 2. The lowest BCUT2D eigenvalue weighted by Crippen LogP contribution is -2.12. The van der Waals surface area contributed by atoms with Crippen molar-refractivity contribution in [2.45, 2.75) is 123 Å². The van der Waals surface area contributed by atoms with Crippen LogP contribution in [-0.4, -0.2) is 43.6 Å². The van der Waals surface area contributed by atoms with E-state index in [1.807, 2.05) is 42.5 Å². The van der Waals surface area contributed by atoms with Crippen LogP contribution in [0.1, 0.15) is 137 Å². The fraction of sp³-hybridized carbons (Fsp3) is 0.198. The van der Waals surface area contributed by atoms with Crippen LogP contribution in [0.15, 0.2) is 248 Å². The summed E-state index contributed by atoms with van der Waals surface area (Å²) in [5.74, 6) is -0.393. The fourth-order valence-corrected chi connectivity index (χ4v) is 15.4. The molecule has 0 fully saturated rings. The molecular weight excluding hydrogens is 1290 g/mol. The summed E-state index contributed by atoms with van der Waals surface area (Å²) < 4.78 is 47.0. The molecule has 0 aliphatic carbocycles. The first kappa shape index (κ1) is 66.2. The Kier molecular flexibility index (Phi) is 15.9. The van der Waals surface area contributed by atoms with Gasteiger partial charge in [0.2, 0.25) is 0 Å². The molecule has 0 amide bonds. The van der Waals surface area contributed by atoms with Gasteiger partial charge in [-0.2, -0.15) is 0 Å². The molecule has 0 saturated carbocycles. The van der Waals surface area contributed by atoms with Gasteiger partial charge >= 0.3 is 11.9 Å². The predicted molar refractivity (Wildman–Crippen MR) is 422 cm³/mol. The van der Waals surface area contributed by atoms with E-state index in [1.54, 1.807) is 0 Å². The Morgan fingerprint density at radius 1 is 0.320 bits per heavy atom. The van der Waals surface area contributed by atoms with Gasteiger partial charge in [-0.15, -0.1) is 0 Å². The van der Waals surface area contributed by atoms with E-state index in [-0.39, 0.29) is 50.9 Å². The van der Waals surface area contributed by atoms with Crippen molar-refractivity contribution in [3.63, 3.8) is 0 Å². The number of para-hydroxylation sites is 3. The quantitative estimate of drug-likeness (QED) is 0.0956. The third-order valence-electron chi connectivity index (χ3n) is 20.6. The van der Waals surface area contributed by atoms with E-state index < -0.39 is 22.6 Å². The van der Waals surface area contributed by atoms with Crippen LogP contribution in [0.2, 0.25) is 0 Å². The molecular formula is C91H81N5O6S. The summed E-state index contributed by atoms with van der Waals surface area (Å²) in [5.41, 5.74) is 18.0. The van der Waals surface area contributed by atoms with Crippen LogP contribution in [-0.2, 0) is 55.1 Å². The van der Waals surface area contributed by atoms with Crippen LogP contribution < -0.4 is 0 Å². The lowest BCUT2D eigenvalue weighted by Gasteiger charge is -2.19.